The highest BCUT2D eigenvalue weighted by molar-refractivity contribution is 5.94. The third-order valence-corrected chi connectivity index (χ3v) is 2.77. The van der Waals surface area contributed by atoms with Crippen LogP contribution in [0.2, 0.25) is 0 Å². The Balaban J connectivity index is 2.11. The fraction of sp³-hybridized carbons (Fsp3) is 0.200. The van der Waals surface area contributed by atoms with E-state index in [0.717, 1.165) is 11.1 Å². The number of rotatable bonds is 4. The van der Waals surface area contributed by atoms with E-state index >= 15 is 0 Å². The Morgan fingerprint density at radius 1 is 1.35 bits per heavy atom. The van der Waals surface area contributed by atoms with E-state index < -0.39 is 5.97 Å². The molecule has 0 aliphatic rings. The van der Waals surface area contributed by atoms with Gasteiger partial charge < -0.3 is 15.2 Å². The van der Waals surface area contributed by atoms with Gasteiger partial charge in [0.2, 0.25) is 0 Å². The van der Waals surface area contributed by atoms with E-state index in [0.29, 0.717) is 17.0 Å². The maximum atomic E-state index is 12.1. The number of aryl methyl sites for hydroxylation is 1. The first-order valence-electron chi connectivity index (χ1n) is 6.12. The maximum Gasteiger partial charge on any atom is 0.342 e. The number of nitrogen functional groups attached to an aromatic ring is 1. The van der Waals surface area contributed by atoms with E-state index in [2.05, 4.69) is 4.98 Å². The number of carbonyl (C=O) groups is 1. The molecule has 2 aromatic rings. The average Bonchev–Trinajstić information content (AvgIpc) is 2.44. The molecule has 0 atom stereocenters. The SMILES string of the molecule is COc1c(N)cccc1C(=O)OCc1cncc(C)c1. The summed E-state index contributed by atoms with van der Waals surface area (Å²) in [5, 5.41) is 0. The molecule has 0 fully saturated rings. The molecule has 5 heteroatoms. The van der Waals surface area contributed by atoms with Crippen molar-refractivity contribution < 1.29 is 14.3 Å². The van der Waals surface area contributed by atoms with Gasteiger partial charge in [-0.15, -0.1) is 0 Å². The van der Waals surface area contributed by atoms with Gasteiger partial charge in [0.15, 0.2) is 5.75 Å². The molecular formula is C15H16N2O3. The Morgan fingerprint density at radius 2 is 2.15 bits per heavy atom. The lowest BCUT2D eigenvalue weighted by Crippen LogP contribution is -2.08. The lowest BCUT2D eigenvalue weighted by molar-refractivity contribution is 0.0469. The van der Waals surface area contributed by atoms with Gasteiger partial charge in [0.1, 0.15) is 12.2 Å². The second-order valence-corrected chi connectivity index (χ2v) is 4.37. The molecule has 0 spiro atoms. The smallest absolute Gasteiger partial charge is 0.342 e. The van der Waals surface area contributed by atoms with Crippen molar-refractivity contribution in [1.82, 2.24) is 4.98 Å². The molecule has 0 unspecified atom stereocenters. The molecule has 5 nitrogen and oxygen atoms in total. The van der Waals surface area contributed by atoms with Crippen LogP contribution in [0.5, 0.6) is 5.75 Å². The van der Waals surface area contributed by atoms with E-state index in [9.17, 15) is 4.79 Å². The van der Waals surface area contributed by atoms with Crippen molar-refractivity contribution >= 4 is 11.7 Å². The van der Waals surface area contributed by atoms with E-state index in [1.54, 1.807) is 30.6 Å². The van der Waals surface area contributed by atoms with Crippen LogP contribution in [0.15, 0.2) is 36.7 Å². The maximum absolute atomic E-state index is 12.1. The monoisotopic (exact) mass is 272 g/mol. The number of para-hydroxylation sites is 1. The number of hydrogen-bond donors (Lipinski definition) is 1. The number of pyridine rings is 1. The van der Waals surface area contributed by atoms with Gasteiger partial charge in [0.05, 0.1) is 12.8 Å². The van der Waals surface area contributed by atoms with Gasteiger partial charge in [-0.3, -0.25) is 4.98 Å². The van der Waals surface area contributed by atoms with Crippen molar-refractivity contribution in [2.24, 2.45) is 0 Å². The largest absolute Gasteiger partial charge is 0.494 e. The molecule has 20 heavy (non-hydrogen) atoms. The molecule has 0 aliphatic carbocycles. The summed E-state index contributed by atoms with van der Waals surface area (Å²) in [6.45, 7) is 2.09. The minimum atomic E-state index is -0.476. The molecule has 0 bridgehead atoms. The molecule has 0 saturated heterocycles. The number of hydrogen-bond acceptors (Lipinski definition) is 5. The van der Waals surface area contributed by atoms with Crippen LogP contribution in [0.4, 0.5) is 5.69 Å². The number of benzene rings is 1. The Kier molecular flexibility index (Phi) is 4.20. The van der Waals surface area contributed by atoms with Gasteiger partial charge in [-0.1, -0.05) is 6.07 Å². The molecule has 0 saturated carbocycles. The lowest BCUT2D eigenvalue weighted by Gasteiger charge is -2.10. The lowest BCUT2D eigenvalue weighted by atomic mass is 10.1. The van der Waals surface area contributed by atoms with Crippen LogP contribution >= 0.6 is 0 Å². The number of nitrogens with zero attached hydrogens (tertiary/aromatic N) is 1. The molecule has 104 valence electrons. The van der Waals surface area contributed by atoms with Gasteiger partial charge in [0.25, 0.3) is 0 Å². The van der Waals surface area contributed by atoms with Gasteiger partial charge in [-0.2, -0.15) is 0 Å². The topological polar surface area (TPSA) is 74.4 Å². The summed E-state index contributed by atoms with van der Waals surface area (Å²) < 4.78 is 10.4. The van der Waals surface area contributed by atoms with Crippen LogP contribution < -0.4 is 10.5 Å². The second-order valence-electron chi connectivity index (χ2n) is 4.37. The van der Waals surface area contributed by atoms with Gasteiger partial charge in [0, 0.05) is 18.0 Å². The Labute approximate surface area is 117 Å². The fourth-order valence-electron chi connectivity index (χ4n) is 1.87. The minimum Gasteiger partial charge on any atom is -0.494 e. The van der Waals surface area contributed by atoms with Gasteiger partial charge >= 0.3 is 5.97 Å². The van der Waals surface area contributed by atoms with Crippen LogP contribution in [-0.4, -0.2) is 18.1 Å². The van der Waals surface area contributed by atoms with Crippen LogP contribution in [0.1, 0.15) is 21.5 Å². The van der Waals surface area contributed by atoms with Crippen LogP contribution in [-0.2, 0) is 11.3 Å². The molecule has 2 rings (SSSR count). The van der Waals surface area contributed by atoms with Crippen molar-refractivity contribution in [3.05, 3.63) is 53.3 Å². The number of methoxy groups -OCH3 is 1. The van der Waals surface area contributed by atoms with Crippen LogP contribution in [0, 0.1) is 6.92 Å². The first kappa shape index (κ1) is 13.9. The molecule has 0 amide bonds. The first-order chi connectivity index (χ1) is 9.61. The molecule has 0 radical (unpaired) electrons. The third-order valence-electron chi connectivity index (χ3n) is 2.77. The normalized spacial score (nSPS) is 10.1. The third kappa shape index (κ3) is 3.06. The molecule has 1 aromatic carbocycles. The minimum absolute atomic E-state index is 0.158. The molecule has 1 heterocycles. The summed E-state index contributed by atoms with van der Waals surface area (Å²) in [7, 11) is 1.47. The summed E-state index contributed by atoms with van der Waals surface area (Å²) in [6.07, 6.45) is 3.41. The molecule has 1 aromatic heterocycles. The quantitative estimate of drug-likeness (QED) is 0.683. The second kappa shape index (κ2) is 6.06. The summed E-state index contributed by atoms with van der Waals surface area (Å²) in [6, 6.07) is 6.88. The zero-order valence-electron chi connectivity index (χ0n) is 11.4. The van der Waals surface area contributed by atoms with Crippen molar-refractivity contribution in [3.63, 3.8) is 0 Å². The molecular weight excluding hydrogens is 256 g/mol. The number of carbonyl (C=O) groups excluding carboxylic acids is 1. The van der Waals surface area contributed by atoms with Crippen molar-refractivity contribution in [1.29, 1.82) is 0 Å². The van der Waals surface area contributed by atoms with Crippen LogP contribution in [0.3, 0.4) is 0 Å². The summed E-state index contributed by atoms with van der Waals surface area (Å²) in [4.78, 5) is 16.1. The van der Waals surface area contributed by atoms with E-state index in [1.165, 1.54) is 7.11 Å². The average molecular weight is 272 g/mol. The Morgan fingerprint density at radius 3 is 2.85 bits per heavy atom. The number of anilines is 1. The van der Waals surface area contributed by atoms with Crippen molar-refractivity contribution in [2.45, 2.75) is 13.5 Å². The van der Waals surface area contributed by atoms with E-state index in [4.69, 9.17) is 15.2 Å². The number of nitrogens with two attached hydrogens (primary N) is 1. The standard InChI is InChI=1S/C15H16N2O3/c1-10-6-11(8-17-7-10)9-20-15(18)12-4-3-5-13(16)14(12)19-2/h3-8H,9,16H2,1-2H3. The Bertz CT molecular complexity index is 626. The highest BCUT2D eigenvalue weighted by Gasteiger charge is 2.15. The van der Waals surface area contributed by atoms with Crippen LogP contribution in [0.25, 0.3) is 0 Å². The predicted molar refractivity (Wildman–Crippen MR) is 75.5 cm³/mol. The zero-order chi connectivity index (χ0) is 14.5. The summed E-state index contributed by atoms with van der Waals surface area (Å²) in [5.74, 6) is -0.143. The summed E-state index contributed by atoms with van der Waals surface area (Å²) >= 11 is 0. The molecule has 2 N–H and O–H groups in total. The van der Waals surface area contributed by atoms with Crippen molar-refractivity contribution in [3.8, 4) is 5.75 Å². The number of esters is 1. The summed E-state index contributed by atoms with van der Waals surface area (Å²) in [5.41, 5.74) is 8.32. The van der Waals surface area contributed by atoms with Gasteiger partial charge in [-0.25, -0.2) is 4.79 Å². The predicted octanol–water partition coefficient (Wildman–Crippen LogP) is 2.34. The highest BCUT2D eigenvalue weighted by Crippen LogP contribution is 2.26. The Hall–Kier alpha value is -2.56. The highest BCUT2D eigenvalue weighted by atomic mass is 16.5. The van der Waals surface area contributed by atoms with E-state index in [1.807, 2.05) is 13.0 Å². The van der Waals surface area contributed by atoms with Gasteiger partial charge in [-0.05, 0) is 30.7 Å². The number of aromatic nitrogens is 1. The zero-order valence-corrected chi connectivity index (χ0v) is 11.4. The molecule has 0 aliphatic heterocycles. The first-order valence-corrected chi connectivity index (χ1v) is 6.12. The number of ether oxygens (including phenoxy) is 2. The van der Waals surface area contributed by atoms with Crippen molar-refractivity contribution in [2.75, 3.05) is 12.8 Å². The fourth-order valence-corrected chi connectivity index (χ4v) is 1.87. The van der Waals surface area contributed by atoms with E-state index in [-0.39, 0.29) is 6.61 Å².